The van der Waals surface area contributed by atoms with Crippen LogP contribution < -0.4 is 10.1 Å². The lowest BCUT2D eigenvalue weighted by atomic mass is 10.0. The summed E-state index contributed by atoms with van der Waals surface area (Å²) < 4.78 is 5.51. The summed E-state index contributed by atoms with van der Waals surface area (Å²) >= 11 is 1.92. The predicted octanol–water partition coefficient (Wildman–Crippen LogP) is 4.08. The van der Waals surface area contributed by atoms with Crippen molar-refractivity contribution in [2.45, 2.75) is 19.4 Å². The van der Waals surface area contributed by atoms with Gasteiger partial charge in [0, 0.05) is 12.1 Å². The molecule has 0 unspecified atom stereocenters. The number of methoxy groups -OCH3 is 1. The molecular formula is C17H23NOS. The number of hydrogen-bond acceptors (Lipinski definition) is 3. The van der Waals surface area contributed by atoms with Crippen LogP contribution in [0.1, 0.15) is 18.4 Å². The zero-order valence-corrected chi connectivity index (χ0v) is 13.1. The quantitative estimate of drug-likeness (QED) is 0.740. The van der Waals surface area contributed by atoms with E-state index in [1.165, 1.54) is 34.9 Å². The zero-order valence-electron chi connectivity index (χ0n) is 12.3. The normalized spacial score (nSPS) is 10.9. The SMILES string of the molecule is COc1ccc2ccccc2c1CNCCCCSC. The molecule has 0 saturated heterocycles. The summed E-state index contributed by atoms with van der Waals surface area (Å²) in [4.78, 5) is 0. The lowest BCUT2D eigenvalue weighted by Gasteiger charge is -2.13. The molecule has 0 spiro atoms. The summed E-state index contributed by atoms with van der Waals surface area (Å²) in [6.45, 7) is 1.93. The number of nitrogens with one attached hydrogen (secondary N) is 1. The van der Waals surface area contributed by atoms with Gasteiger partial charge in [-0.05, 0) is 48.2 Å². The fourth-order valence-corrected chi connectivity index (χ4v) is 2.89. The van der Waals surface area contributed by atoms with Crippen LogP contribution in [-0.4, -0.2) is 25.7 Å². The molecule has 0 saturated carbocycles. The van der Waals surface area contributed by atoms with Crippen LogP contribution in [0.15, 0.2) is 36.4 Å². The molecule has 2 aromatic rings. The Morgan fingerprint density at radius 3 is 2.75 bits per heavy atom. The van der Waals surface area contributed by atoms with E-state index in [0.717, 1.165) is 18.8 Å². The Morgan fingerprint density at radius 2 is 1.95 bits per heavy atom. The maximum atomic E-state index is 5.51. The van der Waals surface area contributed by atoms with Crippen LogP contribution in [0.3, 0.4) is 0 Å². The first-order chi connectivity index (χ1) is 9.86. The van der Waals surface area contributed by atoms with Crippen LogP contribution in [-0.2, 0) is 6.54 Å². The van der Waals surface area contributed by atoms with Gasteiger partial charge in [-0.3, -0.25) is 0 Å². The van der Waals surface area contributed by atoms with Crippen LogP contribution in [0, 0.1) is 0 Å². The van der Waals surface area contributed by atoms with Crippen molar-refractivity contribution in [1.29, 1.82) is 0 Å². The van der Waals surface area contributed by atoms with Gasteiger partial charge >= 0.3 is 0 Å². The Bertz CT molecular complexity index is 542. The lowest BCUT2D eigenvalue weighted by molar-refractivity contribution is 0.408. The largest absolute Gasteiger partial charge is 0.496 e. The summed E-state index contributed by atoms with van der Waals surface area (Å²) in [5.41, 5.74) is 1.26. The minimum atomic E-state index is 0.865. The molecule has 2 rings (SSSR count). The third-order valence-corrected chi connectivity index (χ3v) is 4.17. The summed E-state index contributed by atoms with van der Waals surface area (Å²) in [6.07, 6.45) is 4.67. The highest BCUT2D eigenvalue weighted by Gasteiger charge is 2.07. The van der Waals surface area contributed by atoms with Crippen molar-refractivity contribution in [2.75, 3.05) is 25.7 Å². The standard InChI is InChI=1S/C17H23NOS/c1-19-17-10-9-14-7-3-4-8-15(14)16(17)13-18-11-5-6-12-20-2/h3-4,7-10,18H,5-6,11-13H2,1-2H3. The maximum absolute atomic E-state index is 5.51. The highest BCUT2D eigenvalue weighted by Crippen LogP contribution is 2.27. The second kappa shape index (κ2) is 8.18. The van der Waals surface area contributed by atoms with Crippen LogP contribution in [0.5, 0.6) is 5.75 Å². The van der Waals surface area contributed by atoms with Gasteiger partial charge in [-0.25, -0.2) is 0 Å². The van der Waals surface area contributed by atoms with Crippen LogP contribution in [0.4, 0.5) is 0 Å². The fraction of sp³-hybridized carbons (Fsp3) is 0.412. The van der Waals surface area contributed by atoms with E-state index < -0.39 is 0 Å². The van der Waals surface area contributed by atoms with E-state index in [1.54, 1.807) is 7.11 Å². The summed E-state index contributed by atoms with van der Waals surface area (Å²) in [7, 11) is 1.74. The molecular weight excluding hydrogens is 266 g/mol. The van der Waals surface area contributed by atoms with E-state index in [1.807, 2.05) is 11.8 Å². The van der Waals surface area contributed by atoms with E-state index >= 15 is 0 Å². The van der Waals surface area contributed by atoms with E-state index in [0.29, 0.717) is 0 Å². The Balaban J connectivity index is 2.03. The molecule has 0 aromatic heterocycles. The van der Waals surface area contributed by atoms with Crippen molar-refractivity contribution in [1.82, 2.24) is 5.32 Å². The first-order valence-electron chi connectivity index (χ1n) is 7.11. The molecule has 0 radical (unpaired) electrons. The lowest BCUT2D eigenvalue weighted by Crippen LogP contribution is -2.15. The monoisotopic (exact) mass is 289 g/mol. The minimum Gasteiger partial charge on any atom is -0.496 e. The summed E-state index contributed by atoms with van der Waals surface area (Å²) in [5, 5.41) is 6.09. The third kappa shape index (κ3) is 3.90. The van der Waals surface area contributed by atoms with E-state index in [4.69, 9.17) is 4.74 Å². The predicted molar refractivity (Wildman–Crippen MR) is 89.8 cm³/mol. The van der Waals surface area contributed by atoms with Crippen LogP contribution in [0.25, 0.3) is 10.8 Å². The molecule has 0 heterocycles. The number of fused-ring (bicyclic) bond motifs is 1. The van der Waals surface area contributed by atoms with Crippen molar-refractivity contribution in [2.24, 2.45) is 0 Å². The highest BCUT2D eigenvalue weighted by molar-refractivity contribution is 7.98. The Morgan fingerprint density at radius 1 is 1.10 bits per heavy atom. The topological polar surface area (TPSA) is 21.3 Å². The van der Waals surface area contributed by atoms with Gasteiger partial charge in [-0.1, -0.05) is 30.3 Å². The second-order valence-electron chi connectivity index (χ2n) is 4.84. The van der Waals surface area contributed by atoms with E-state index in [9.17, 15) is 0 Å². The molecule has 1 N–H and O–H groups in total. The molecule has 2 nitrogen and oxygen atoms in total. The van der Waals surface area contributed by atoms with Crippen molar-refractivity contribution < 1.29 is 4.74 Å². The van der Waals surface area contributed by atoms with Crippen molar-refractivity contribution in [3.63, 3.8) is 0 Å². The number of unbranched alkanes of at least 4 members (excludes halogenated alkanes) is 1. The first-order valence-corrected chi connectivity index (χ1v) is 8.50. The third-order valence-electron chi connectivity index (χ3n) is 3.47. The van der Waals surface area contributed by atoms with Gasteiger partial charge in [0.25, 0.3) is 0 Å². The summed E-state index contributed by atoms with van der Waals surface area (Å²) in [6, 6.07) is 12.7. The number of hydrogen-bond donors (Lipinski definition) is 1. The molecule has 0 fully saturated rings. The number of ether oxygens (including phenoxy) is 1. The van der Waals surface area contributed by atoms with Gasteiger partial charge in [0.1, 0.15) is 5.75 Å². The Hall–Kier alpha value is -1.19. The number of thioether (sulfide) groups is 1. The average molecular weight is 289 g/mol. The van der Waals surface area contributed by atoms with E-state index in [-0.39, 0.29) is 0 Å². The summed E-state index contributed by atoms with van der Waals surface area (Å²) in [5.74, 6) is 2.22. The van der Waals surface area contributed by atoms with Crippen molar-refractivity contribution in [3.8, 4) is 5.75 Å². The Kier molecular flexibility index (Phi) is 6.22. The second-order valence-corrected chi connectivity index (χ2v) is 5.83. The van der Waals surface area contributed by atoms with Crippen LogP contribution in [0.2, 0.25) is 0 Å². The highest BCUT2D eigenvalue weighted by atomic mass is 32.2. The van der Waals surface area contributed by atoms with Crippen molar-refractivity contribution in [3.05, 3.63) is 42.0 Å². The maximum Gasteiger partial charge on any atom is 0.123 e. The first kappa shape index (κ1) is 15.2. The van der Waals surface area contributed by atoms with Gasteiger partial charge in [-0.15, -0.1) is 0 Å². The smallest absolute Gasteiger partial charge is 0.123 e. The molecule has 0 aliphatic carbocycles. The Labute approximate surface area is 125 Å². The van der Waals surface area contributed by atoms with Gasteiger partial charge in [0.05, 0.1) is 7.11 Å². The zero-order chi connectivity index (χ0) is 14.2. The molecule has 108 valence electrons. The van der Waals surface area contributed by atoms with Gasteiger partial charge < -0.3 is 10.1 Å². The van der Waals surface area contributed by atoms with Gasteiger partial charge in [0.15, 0.2) is 0 Å². The van der Waals surface area contributed by atoms with Crippen LogP contribution >= 0.6 is 11.8 Å². The number of benzene rings is 2. The molecule has 0 bridgehead atoms. The molecule has 0 atom stereocenters. The molecule has 2 aromatic carbocycles. The number of rotatable bonds is 8. The fourth-order valence-electron chi connectivity index (χ4n) is 2.40. The minimum absolute atomic E-state index is 0.865. The molecule has 0 aliphatic rings. The molecule has 0 amide bonds. The molecule has 0 aliphatic heterocycles. The van der Waals surface area contributed by atoms with E-state index in [2.05, 4.69) is 48.0 Å². The average Bonchev–Trinajstić information content (AvgIpc) is 2.50. The van der Waals surface area contributed by atoms with Gasteiger partial charge in [0.2, 0.25) is 0 Å². The molecule has 3 heteroatoms. The molecule has 20 heavy (non-hydrogen) atoms. The van der Waals surface area contributed by atoms with Gasteiger partial charge in [-0.2, -0.15) is 11.8 Å². The van der Waals surface area contributed by atoms with Crippen molar-refractivity contribution >= 4 is 22.5 Å².